The van der Waals surface area contributed by atoms with Crippen LogP contribution in [0.3, 0.4) is 0 Å². The molecule has 0 saturated carbocycles. The van der Waals surface area contributed by atoms with E-state index in [0.717, 1.165) is 37.5 Å². The second-order valence-corrected chi connectivity index (χ2v) is 8.03. The summed E-state index contributed by atoms with van der Waals surface area (Å²) in [7, 11) is 1.66. The van der Waals surface area contributed by atoms with Crippen molar-refractivity contribution in [1.82, 2.24) is 9.97 Å². The van der Waals surface area contributed by atoms with E-state index >= 15 is 0 Å². The Morgan fingerprint density at radius 3 is 2.81 bits per heavy atom. The minimum atomic E-state index is -0.310. The van der Waals surface area contributed by atoms with Crippen LogP contribution in [-0.2, 0) is 4.79 Å². The lowest BCUT2D eigenvalue weighted by Gasteiger charge is -2.21. The third-order valence-corrected chi connectivity index (χ3v) is 5.81. The van der Waals surface area contributed by atoms with E-state index in [2.05, 4.69) is 21.4 Å². The fraction of sp³-hybridized carbons (Fsp3) is 0.440. The first-order valence-corrected chi connectivity index (χ1v) is 11.3. The van der Waals surface area contributed by atoms with Crippen molar-refractivity contribution in [1.29, 1.82) is 5.41 Å². The number of benzene rings is 1. The van der Waals surface area contributed by atoms with Crippen LogP contribution in [0.4, 0.5) is 5.69 Å². The summed E-state index contributed by atoms with van der Waals surface area (Å²) in [4.78, 5) is 31.2. The maximum atomic E-state index is 12.8. The van der Waals surface area contributed by atoms with Crippen LogP contribution >= 0.6 is 0 Å². The first-order chi connectivity index (χ1) is 15.5. The van der Waals surface area contributed by atoms with Crippen molar-refractivity contribution in [3.05, 3.63) is 45.9 Å². The van der Waals surface area contributed by atoms with Crippen LogP contribution in [0.25, 0.3) is 17.0 Å². The number of carbonyl (C=O) groups is 1. The van der Waals surface area contributed by atoms with Crippen molar-refractivity contribution in [2.75, 3.05) is 19.0 Å². The van der Waals surface area contributed by atoms with Crippen LogP contribution in [0.1, 0.15) is 63.6 Å². The predicted molar refractivity (Wildman–Crippen MR) is 129 cm³/mol. The minimum absolute atomic E-state index is 0.303. The molecule has 7 heteroatoms. The fourth-order valence-corrected chi connectivity index (χ4v) is 4.12. The maximum Gasteiger partial charge on any atom is 0.275 e. The van der Waals surface area contributed by atoms with Gasteiger partial charge in [-0.25, -0.2) is 4.98 Å². The molecule has 1 aromatic carbocycles. The third kappa shape index (κ3) is 5.15. The molecule has 0 radical (unpaired) electrons. The largest absolute Gasteiger partial charge is 0.493 e. The highest BCUT2D eigenvalue weighted by Crippen LogP contribution is 2.36. The zero-order valence-electron chi connectivity index (χ0n) is 19.1. The maximum absolute atomic E-state index is 12.8. The van der Waals surface area contributed by atoms with E-state index < -0.39 is 0 Å². The number of H-pyrrole nitrogens is 1. The fourth-order valence-electron chi connectivity index (χ4n) is 4.12. The highest BCUT2D eigenvalue weighted by Gasteiger charge is 2.20. The molecule has 1 aliphatic rings. The van der Waals surface area contributed by atoms with Gasteiger partial charge in [0.25, 0.3) is 5.56 Å². The van der Waals surface area contributed by atoms with Crippen molar-refractivity contribution in [3.63, 3.8) is 0 Å². The molecule has 1 heterocycles. The lowest BCUT2D eigenvalue weighted by molar-refractivity contribution is -0.108. The highest BCUT2D eigenvalue weighted by atomic mass is 16.5. The van der Waals surface area contributed by atoms with Gasteiger partial charge in [0.2, 0.25) is 0 Å². The second-order valence-electron chi connectivity index (χ2n) is 8.03. The van der Waals surface area contributed by atoms with E-state index in [1.54, 1.807) is 7.05 Å². The van der Waals surface area contributed by atoms with Crippen LogP contribution in [0, 0.1) is 11.3 Å². The van der Waals surface area contributed by atoms with E-state index in [1.165, 1.54) is 5.57 Å². The zero-order valence-corrected chi connectivity index (χ0v) is 19.1. The first-order valence-electron chi connectivity index (χ1n) is 11.3. The Labute approximate surface area is 188 Å². The van der Waals surface area contributed by atoms with Crippen molar-refractivity contribution in [3.8, 4) is 17.1 Å². The van der Waals surface area contributed by atoms with E-state index in [9.17, 15) is 9.59 Å². The summed E-state index contributed by atoms with van der Waals surface area (Å²) in [6.45, 7) is 4.40. The predicted octanol–water partition coefficient (Wildman–Crippen LogP) is 4.82. The summed E-state index contributed by atoms with van der Waals surface area (Å²) in [5.74, 6) is 1.45. The number of nitrogens with zero attached hydrogens (tertiary/aromatic N) is 1. The monoisotopic (exact) mass is 436 g/mol. The van der Waals surface area contributed by atoms with Crippen LogP contribution in [0.15, 0.2) is 29.1 Å². The van der Waals surface area contributed by atoms with Gasteiger partial charge in [-0.3, -0.25) is 4.79 Å². The Hall–Kier alpha value is -3.22. The number of allylic oxidation sites excluding steroid dienone is 2. The molecule has 0 fully saturated rings. The quantitative estimate of drug-likeness (QED) is 0.366. The van der Waals surface area contributed by atoms with Gasteiger partial charge in [-0.15, -0.1) is 0 Å². The molecule has 0 spiro atoms. The van der Waals surface area contributed by atoms with Gasteiger partial charge in [-0.1, -0.05) is 25.5 Å². The average molecular weight is 437 g/mol. The first kappa shape index (κ1) is 23.4. The number of rotatable bonds is 10. The van der Waals surface area contributed by atoms with Crippen LogP contribution in [0.5, 0.6) is 5.75 Å². The molecule has 1 atom stereocenters. The van der Waals surface area contributed by atoms with E-state index in [0.29, 0.717) is 59.6 Å². The number of carbonyl (C=O) groups excluding carboxylic acids is 1. The molecular weight excluding hydrogens is 404 g/mol. The number of aromatic amines is 1. The number of hydrogen-bond acceptors (Lipinski definition) is 6. The Balaban J connectivity index is 2.08. The molecule has 1 unspecified atom stereocenters. The molecule has 1 aliphatic carbocycles. The number of aromatic nitrogens is 2. The highest BCUT2D eigenvalue weighted by molar-refractivity contribution is 6.01. The Morgan fingerprint density at radius 2 is 2.19 bits per heavy atom. The molecule has 32 heavy (non-hydrogen) atoms. The molecule has 0 amide bonds. The molecule has 2 aromatic rings. The Kier molecular flexibility index (Phi) is 7.98. The van der Waals surface area contributed by atoms with Crippen molar-refractivity contribution in [2.24, 2.45) is 5.92 Å². The van der Waals surface area contributed by atoms with Crippen molar-refractivity contribution in [2.45, 2.75) is 52.4 Å². The minimum Gasteiger partial charge on any atom is -0.493 e. The summed E-state index contributed by atoms with van der Waals surface area (Å²) in [6.07, 6.45) is 7.93. The zero-order chi connectivity index (χ0) is 23.1. The Bertz CT molecular complexity index is 1070. The van der Waals surface area contributed by atoms with Gasteiger partial charge >= 0.3 is 0 Å². The summed E-state index contributed by atoms with van der Waals surface area (Å²) in [5, 5.41) is 11.3. The lowest BCUT2D eigenvalue weighted by Crippen LogP contribution is -2.20. The summed E-state index contributed by atoms with van der Waals surface area (Å²) in [5.41, 5.74) is 3.67. The van der Waals surface area contributed by atoms with Crippen LogP contribution in [0.2, 0.25) is 0 Å². The lowest BCUT2D eigenvalue weighted by atomic mass is 9.85. The summed E-state index contributed by atoms with van der Waals surface area (Å²) < 4.78 is 5.84. The summed E-state index contributed by atoms with van der Waals surface area (Å²) in [6, 6.07) is 5.94. The smallest absolute Gasteiger partial charge is 0.275 e. The van der Waals surface area contributed by atoms with Gasteiger partial charge in [0.1, 0.15) is 29.2 Å². The topological polar surface area (TPSA) is 108 Å². The van der Waals surface area contributed by atoms with Gasteiger partial charge in [-0.05, 0) is 61.8 Å². The standard InChI is InChI=1S/C25H32N4O3/c1-4-6-20(26)22-23(27-3)25(31)29-24(28-22)19-15-18(11-12-21(19)32-5-2)17-9-7-16(8-10-17)13-14-30/h9,11-12,14-16,26-27H,4-8,10,13H2,1-3H3,(H,28,29,31). The second kappa shape index (κ2) is 10.9. The third-order valence-electron chi connectivity index (χ3n) is 5.81. The number of anilines is 1. The van der Waals surface area contributed by atoms with Gasteiger partial charge < -0.3 is 25.2 Å². The van der Waals surface area contributed by atoms with Gasteiger partial charge in [-0.2, -0.15) is 0 Å². The van der Waals surface area contributed by atoms with E-state index in [1.807, 2.05) is 32.0 Å². The van der Waals surface area contributed by atoms with Gasteiger partial charge in [0.15, 0.2) is 0 Å². The molecule has 7 nitrogen and oxygen atoms in total. The molecule has 0 bridgehead atoms. The number of aldehydes is 1. The van der Waals surface area contributed by atoms with Crippen molar-refractivity contribution >= 4 is 23.3 Å². The SMILES string of the molecule is CCCC(=N)c1nc(-c2cc(C3=CCC(CC=O)CC3)ccc2OCC)[nH]c(=O)c1NC. The number of nitrogens with one attached hydrogen (secondary N) is 3. The summed E-state index contributed by atoms with van der Waals surface area (Å²) >= 11 is 0. The molecule has 3 rings (SSSR count). The van der Waals surface area contributed by atoms with Crippen LogP contribution in [-0.4, -0.2) is 35.6 Å². The van der Waals surface area contributed by atoms with Crippen LogP contribution < -0.4 is 15.6 Å². The average Bonchev–Trinajstić information content (AvgIpc) is 2.80. The van der Waals surface area contributed by atoms with Gasteiger partial charge in [0.05, 0.1) is 17.9 Å². The molecule has 0 saturated heterocycles. The van der Waals surface area contributed by atoms with Crippen molar-refractivity contribution < 1.29 is 9.53 Å². The molecule has 1 aromatic heterocycles. The Morgan fingerprint density at radius 1 is 1.38 bits per heavy atom. The molecule has 0 aliphatic heterocycles. The van der Waals surface area contributed by atoms with E-state index in [4.69, 9.17) is 10.1 Å². The number of hydrogen-bond donors (Lipinski definition) is 3. The molecule has 3 N–H and O–H groups in total. The normalized spacial score (nSPS) is 15.7. The molecular formula is C25H32N4O3. The number of ether oxygens (including phenoxy) is 1. The van der Waals surface area contributed by atoms with Gasteiger partial charge in [0, 0.05) is 13.5 Å². The van der Waals surface area contributed by atoms with E-state index in [-0.39, 0.29) is 5.56 Å². The molecule has 170 valence electrons.